The van der Waals surface area contributed by atoms with Crippen molar-refractivity contribution in [3.63, 3.8) is 0 Å². The van der Waals surface area contributed by atoms with Crippen LogP contribution in [0.3, 0.4) is 0 Å². The molecule has 0 unspecified atom stereocenters. The monoisotopic (exact) mass is 175 g/mol. The van der Waals surface area contributed by atoms with Crippen LogP contribution in [0.2, 0.25) is 0 Å². The molecule has 0 fully saturated rings. The van der Waals surface area contributed by atoms with E-state index >= 15 is 0 Å². The third-order valence-corrected chi connectivity index (χ3v) is 1.37. The fraction of sp³-hybridized carbons (Fsp3) is 0.571. The van der Waals surface area contributed by atoms with Gasteiger partial charge in [0.1, 0.15) is 0 Å². The van der Waals surface area contributed by atoms with Gasteiger partial charge in [0.05, 0.1) is 11.9 Å². The number of halogens is 1. The van der Waals surface area contributed by atoms with E-state index < -0.39 is 0 Å². The van der Waals surface area contributed by atoms with Gasteiger partial charge in [-0.1, -0.05) is 6.92 Å². The lowest BCUT2D eigenvalue weighted by atomic mass is 10.5. The second-order valence-electron chi connectivity index (χ2n) is 2.24. The van der Waals surface area contributed by atoms with Gasteiger partial charge in [0.2, 0.25) is 0 Å². The summed E-state index contributed by atoms with van der Waals surface area (Å²) in [5.41, 5.74) is 1.08. The van der Waals surface area contributed by atoms with Crippen LogP contribution in [0, 0.1) is 0 Å². The van der Waals surface area contributed by atoms with Gasteiger partial charge in [0.25, 0.3) is 0 Å². The summed E-state index contributed by atoms with van der Waals surface area (Å²) in [6, 6.07) is 0. The third kappa shape index (κ3) is 2.80. The van der Waals surface area contributed by atoms with Crippen LogP contribution in [0.1, 0.15) is 13.3 Å². The number of rotatable bonds is 3. The maximum absolute atomic E-state index is 4.13. The molecule has 1 aromatic rings. The minimum atomic E-state index is 0. The van der Waals surface area contributed by atoms with Gasteiger partial charge in [-0.15, -0.1) is 12.4 Å². The summed E-state index contributed by atoms with van der Waals surface area (Å²) in [5.74, 6) is 0. The fourth-order valence-electron chi connectivity index (χ4n) is 0.844. The molecule has 0 spiro atoms. The molecule has 0 atom stereocenters. The van der Waals surface area contributed by atoms with Gasteiger partial charge in [0.15, 0.2) is 0 Å². The van der Waals surface area contributed by atoms with Crippen LogP contribution in [-0.4, -0.2) is 16.8 Å². The molecule has 1 rings (SSSR count). The first-order valence-corrected chi connectivity index (χ1v) is 3.57. The number of hydrogen-bond donors (Lipinski definition) is 1. The molecule has 64 valence electrons. The van der Waals surface area contributed by atoms with Crippen LogP contribution >= 0.6 is 12.4 Å². The van der Waals surface area contributed by atoms with E-state index in [0.717, 1.165) is 18.7 Å². The number of nitrogens with one attached hydrogen (secondary N) is 1. The normalized spacial score (nSPS) is 8.91. The first-order valence-electron chi connectivity index (χ1n) is 3.57. The predicted octanol–water partition coefficient (Wildman–Crippen LogP) is 1.76. The van der Waals surface area contributed by atoms with Crippen molar-refractivity contribution in [2.45, 2.75) is 19.9 Å². The number of anilines is 1. The van der Waals surface area contributed by atoms with Gasteiger partial charge in [-0.05, 0) is 6.42 Å². The highest BCUT2D eigenvalue weighted by molar-refractivity contribution is 5.85. The van der Waals surface area contributed by atoms with E-state index in [2.05, 4.69) is 17.3 Å². The molecule has 0 aliphatic heterocycles. The summed E-state index contributed by atoms with van der Waals surface area (Å²) in [5, 5.41) is 7.15. The number of hydrogen-bond acceptors (Lipinski definition) is 2. The molecule has 0 saturated carbocycles. The van der Waals surface area contributed by atoms with Crippen LogP contribution in [0.4, 0.5) is 5.69 Å². The summed E-state index contributed by atoms with van der Waals surface area (Å²) in [7, 11) is 1.90. The van der Waals surface area contributed by atoms with Crippen molar-refractivity contribution in [3.8, 4) is 0 Å². The van der Waals surface area contributed by atoms with Crippen LogP contribution in [-0.2, 0) is 6.54 Å². The average molecular weight is 176 g/mol. The van der Waals surface area contributed by atoms with Crippen LogP contribution in [0.5, 0.6) is 0 Å². The van der Waals surface area contributed by atoms with Crippen molar-refractivity contribution in [1.82, 2.24) is 9.78 Å². The quantitative estimate of drug-likeness (QED) is 0.759. The SMILES string of the molecule is CCCn1cc(NC)cn1.Cl. The molecule has 0 amide bonds. The van der Waals surface area contributed by atoms with E-state index in [-0.39, 0.29) is 12.4 Å². The summed E-state index contributed by atoms with van der Waals surface area (Å²) < 4.78 is 1.94. The Morgan fingerprint density at radius 1 is 1.64 bits per heavy atom. The molecule has 0 radical (unpaired) electrons. The molecule has 0 aliphatic rings. The van der Waals surface area contributed by atoms with Crippen LogP contribution in [0.25, 0.3) is 0 Å². The van der Waals surface area contributed by atoms with E-state index in [1.807, 2.05) is 24.1 Å². The average Bonchev–Trinajstić information content (AvgIpc) is 2.37. The van der Waals surface area contributed by atoms with Gasteiger partial charge in [-0.25, -0.2) is 0 Å². The fourth-order valence-corrected chi connectivity index (χ4v) is 0.844. The van der Waals surface area contributed by atoms with Crippen molar-refractivity contribution < 1.29 is 0 Å². The minimum absolute atomic E-state index is 0. The Bertz CT molecular complexity index is 197. The maximum Gasteiger partial charge on any atom is 0.0723 e. The molecule has 4 heteroatoms. The summed E-state index contributed by atoms with van der Waals surface area (Å²) in [6.07, 6.45) is 4.96. The lowest BCUT2D eigenvalue weighted by Gasteiger charge is -1.94. The van der Waals surface area contributed by atoms with Crippen LogP contribution in [0.15, 0.2) is 12.4 Å². The molecule has 0 saturated heterocycles. The second-order valence-corrected chi connectivity index (χ2v) is 2.24. The number of aromatic nitrogens is 2. The van der Waals surface area contributed by atoms with Gasteiger partial charge in [-0.3, -0.25) is 4.68 Å². The molecule has 1 N–H and O–H groups in total. The van der Waals surface area contributed by atoms with Crippen LogP contribution < -0.4 is 5.32 Å². The topological polar surface area (TPSA) is 29.9 Å². The Balaban J connectivity index is 0.000001000. The highest BCUT2D eigenvalue weighted by Gasteiger charge is 1.92. The van der Waals surface area contributed by atoms with E-state index in [9.17, 15) is 0 Å². The van der Waals surface area contributed by atoms with Gasteiger partial charge in [-0.2, -0.15) is 5.10 Å². The highest BCUT2D eigenvalue weighted by atomic mass is 35.5. The molecule has 3 nitrogen and oxygen atoms in total. The standard InChI is InChI=1S/C7H13N3.ClH/c1-3-4-10-6-7(8-2)5-9-10;/h5-6,8H,3-4H2,1-2H3;1H. The van der Waals surface area contributed by atoms with Crippen molar-refractivity contribution in [1.29, 1.82) is 0 Å². The molecule has 0 aliphatic carbocycles. The zero-order chi connectivity index (χ0) is 7.40. The second kappa shape index (κ2) is 5.02. The predicted molar refractivity (Wildman–Crippen MR) is 49.3 cm³/mol. The first kappa shape index (κ1) is 10.3. The molecule has 1 heterocycles. The third-order valence-electron chi connectivity index (χ3n) is 1.37. The van der Waals surface area contributed by atoms with Gasteiger partial charge in [0, 0.05) is 19.8 Å². The lowest BCUT2D eigenvalue weighted by Crippen LogP contribution is -1.95. The van der Waals surface area contributed by atoms with Crippen molar-refractivity contribution >= 4 is 18.1 Å². The first-order chi connectivity index (χ1) is 4.86. The van der Waals surface area contributed by atoms with E-state index in [4.69, 9.17) is 0 Å². The molecule has 11 heavy (non-hydrogen) atoms. The zero-order valence-electron chi connectivity index (χ0n) is 6.87. The number of aryl methyl sites for hydroxylation is 1. The van der Waals surface area contributed by atoms with Crippen molar-refractivity contribution in [2.24, 2.45) is 0 Å². The summed E-state index contributed by atoms with van der Waals surface area (Å²) in [4.78, 5) is 0. The molecular formula is C7H14ClN3. The minimum Gasteiger partial charge on any atom is -0.386 e. The number of nitrogens with zero attached hydrogens (tertiary/aromatic N) is 2. The molecule has 1 aromatic heterocycles. The Morgan fingerprint density at radius 3 is 2.82 bits per heavy atom. The summed E-state index contributed by atoms with van der Waals surface area (Å²) >= 11 is 0. The van der Waals surface area contributed by atoms with Crippen molar-refractivity contribution in [2.75, 3.05) is 12.4 Å². The highest BCUT2D eigenvalue weighted by Crippen LogP contribution is 2.02. The lowest BCUT2D eigenvalue weighted by molar-refractivity contribution is 0.603. The largest absolute Gasteiger partial charge is 0.386 e. The Hall–Kier alpha value is -0.700. The maximum atomic E-state index is 4.13. The summed E-state index contributed by atoms with van der Waals surface area (Å²) in [6.45, 7) is 3.14. The smallest absolute Gasteiger partial charge is 0.0723 e. The van der Waals surface area contributed by atoms with Gasteiger partial charge < -0.3 is 5.32 Å². The van der Waals surface area contributed by atoms with E-state index in [1.165, 1.54) is 0 Å². The van der Waals surface area contributed by atoms with Gasteiger partial charge >= 0.3 is 0 Å². The molecule has 0 aromatic carbocycles. The molecule has 0 bridgehead atoms. The Labute approximate surface area is 73.2 Å². The zero-order valence-corrected chi connectivity index (χ0v) is 7.69. The Morgan fingerprint density at radius 2 is 2.36 bits per heavy atom. The van der Waals surface area contributed by atoms with E-state index in [1.54, 1.807) is 0 Å². The van der Waals surface area contributed by atoms with Crippen molar-refractivity contribution in [3.05, 3.63) is 12.4 Å². The Kier molecular flexibility index (Phi) is 4.70. The van der Waals surface area contributed by atoms with E-state index in [0.29, 0.717) is 0 Å². The molecular weight excluding hydrogens is 162 g/mol.